The van der Waals surface area contributed by atoms with E-state index in [-0.39, 0.29) is 11.6 Å². The third-order valence-electron chi connectivity index (χ3n) is 3.03. The predicted octanol–water partition coefficient (Wildman–Crippen LogP) is 3.33. The van der Waals surface area contributed by atoms with E-state index in [2.05, 4.69) is 29.1 Å². The van der Waals surface area contributed by atoms with E-state index in [1.54, 1.807) is 6.92 Å². The molecular weight excluding hydrogens is 272 g/mol. The standard InChI is InChI=1S/C14H24N4O3/c1-5-7-10(3)9-21-13-12(18(19)20)11(4)16-14(17-13)15-8-6-2/h10H,5-9H2,1-4H3,(H,15,16,17). The lowest BCUT2D eigenvalue weighted by Crippen LogP contribution is -2.13. The van der Waals surface area contributed by atoms with Crippen molar-refractivity contribution in [2.75, 3.05) is 18.5 Å². The number of nitro groups is 1. The molecule has 1 heterocycles. The van der Waals surface area contributed by atoms with Gasteiger partial charge in [-0.1, -0.05) is 27.2 Å². The summed E-state index contributed by atoms with van der Waals surface area (Å²) in [6, 6.07) is 0. The fraction of sp³-hybridized carbons (Fsp3) is 0.714. The maximum absolute atomic E-state index is 11.2. The first-order chi connectivity index (χ1) is 9.99. The number of hydrogen-bond acceptors (Lipinski definition) is 6. The van der Waals surface area contributed by atoms with Gasteiger partial charge in [-0.3, -0.25) is 10.1 Å². The molecule has 0 saturated heterocycles. The molecule has 0 spiro atoms. The average molecular weight is 296 g/mol. The number of rotatable bonds is 9. The number of aromatic nitrogens is 2. The quantitative estimate of drug-likeness (QED) is 0.555. The molecule has 1 aromatic rings. The monoisotopic (exact) mass is 296 g/mol. The van der Waals surface area contributed by atoms with Gasteiger partial charge in [-0.2, -0.15) is 4.98 Å². The molecule has 7 heteroatoms. The lowest BCUT2D eigenvalue weighted by atomic mass is 10.1. The van der Waals surface area contributed by atoms with Crippen molar-refractivity contribution in [1.29, 1.82) is 0 Å². The summed E-state index contributed by atoms with van der Waals surface area (Å²) in [5, 5.41) is 14.2. The number of nitrogens with zero attached hydrogens (tertiary/aromatic N) is 3. The van der Waals surface area contributed by atoms with Crippen molar-refractivity contribution in [3.05, 3.63) is 15.8 Å². The van der Waals surface area contributed by atoms with Gasteiger partial charge in [0.05, 0.1) is 11.5 Å². The van der Waals surface area contributed by atoms with Crippen LogP contribution in [0.15, 0.2) is 0 Å². The summed E-state index contributed by atoms with van der Waals surface area (Å²) in [5.41, 5.74) is 0.160. The second kappa shape index (κ2) is 8.39. The van der Waals surface area contributed by atoms with Crippen LogP contribution in [-0.2, 0) is 0 Å². The maximum Gasteiger partial charge on any atom is 0.352 e. The van der Waals surface area contributed by atoms with E-state index >= 15 is 0 Å². The van der Waals surface area contributed by atoms with Gasteiger partial charge in [-0.05, 0) is 25.7 Å². The Morgan fingerprint density at radius 3 is 2.62 bits per heavy atom. The van der Waals surface area contributed by atoms with Crippen molar-refractivity contribution in [2.45, 2.75) is 47.0 Å². The van der Waals surface area contributed by atoms with Crippen LogP contribution in [0.2, 0.25) is 0 Å². The third kappa shape index (κ3) is 5.17. The van der Waals surface area contributed by atoms with E-state index in [0.29, 0.717) is 30.7 Å². The second-order valence-corrected chi connectivity index (χ2v) is 5.18. The minimum absolute atomic E-state index is 0.0501. The van der Waals surface area contributed by atoms with Gasteiger partial charge in [0.2, 0.25) is 5.95 Å². The van der Waals surface area contributed by atoms with Crippen molar-refractivity contribution in [3.63, 3.8) is 0 Å². The first-order valence-corrected chi connectivity index (χ1v) is 7.39. The number of nitrogens with one attached hydrogen (secondary N) is 1. The molecule has 7 nitrogen and oxygen atoms in total. The third-order valence-corrected chi connectivity index (χ3v) is 3.03. The molecule has 0 aliphatic rings. The Kier molecular flexibility index (Phi) is 6.84. The number of ether oxygens (including phenoxy) is 1. The van der Waals surface area contributed by atoms with Crippen LogP contribution in [-0.4, -0.2) is 28.0 Å². The van der Waals surface area contributed by atoms with Crippen LogP contribution in [0.4, 0.5) is 11.6 Å². The summed E-state index contributed by atoms with van der Waals surface area (Å²) < 4.78 is 5.58. The highest BCUT2D eigenvalue weighted by molar-refractivity contribution is 5.48. The molecule has 1 aromatic heterocycles. The van der Waals surface area contributed by atoms with Gasteiger partial charge in [-0.15, -0.1) is 0 Å². The molecule has 1 rings (SSSR count). The molecule has 0 aromatic carbocycles. The molecule has 0 fully saturated rings. The van der Waals surface area contributed by atoms with Gasteiger partial charge in [-0.25, -0.2) is 4.98 Å². The van der Waals surface area contributed by atoms with Crippen LogP contribution in [0.3, 0.4) is 0 Å². The fourth-order valence-electron chi connectivity index (χ4n) is 1.96. The van der Waals surface area contributed by atoms with Gasteiger partial charge in [0.25, 0.3) is 5.88 Å². The molecule has 0 radical (unpaired) electrons. The summed E-state index contributed by atoms with van der Waals surface area (Å²) >= 11 is 0. The lowest BCUT2D eigenvalue weighted by Gasteiger charge is -2.13. The Labute approximate surface area is 125 Å². The number of anilines is 1. The van der Waals surface area contributed by atoms with Crippen molar-refractivity contribution >= 4 is 11.6 Å². The normalized spacial score (nSPS) is 12.0. The van der Waals surface area contributed by atoms with Crippen molar-refractivity contribution in [2.24, 2.45) is 5.92 Å². The Balaban J connectivity index is 2.95. The lowest BCUT2D eigenvalue weighted by molar-refractivity contribution is -0.387. The Morgan fingerprint density at radius 1 is 1.33 bits per heavy atom. The van der Waals surface area contributed by atoms with Crippen molar-refractivity contribution < 1.29 is 9.66 Å². The first-order valence-electron chi connectivity index (χ1n) is 7.39. The van der Waals surface area contributed by atoms with Crippen LogP contribution in [0.1, 0.15) is 45.7 Å². The summed E-state index contributed by atoms with van der Waals surface area (Å²) in [6.45, 7) is 8.90. The van der Waals surface area contributed by atoms with Gasteiger partial charge >= 0.3 is 5.69 Å². The molecule has 1 N–H and O–H groups in total. The zero-order valence-corrected chi connectivity index (χ0v) is 13.2. The van der Waals surface area contributed by atoms with E-state index < -0.39 is 4.92 Å². The largest absolute Gasteiger partial charge is 0.472 e. The molecule has 0 aliphatic carbocycles. The maximum atomic E-state index is 11.2. The van der Waals surface area contributed by atoms with Gasteiger partial charge in [0, 0.05) is 6.54 Å². The van der Waals surface area contributed by atoms with Gasteiger partial charge < -0.3 is 10.1 Å². The number of aryl methyl sites for hydroxylation is 1. The van der Waals surface area contributed by atoms with Crippen molar-refractivity contribution in [3.8, 4) is 5.88 Å². The SMILES string of the molecule is CCCNc1nc(C)c([N+](=O)[O-])c(OCC(C)CCC)n1. The fourth-order valence-corrected chi connectivity index (χ4v) is 1.96. The number of hydrogen-bond donors (Lipinski definition) is 1. The highest BCUT2D eigenvalue weighted by atomic mass is 16.6. The van der Waals surface area contributed by atoms with Crippen LogP contribution >= 0.6 is 0 Å². The van der Waals surface area contributed by atoms with Crippen molar-refractivity contribution in [1.82, 2.24) is 9.97 Å². The molecule has 0 bridgehead atoms. The van der Waals surface area contributed by atoms with Gasteiger partial charge in [0.15, 0.2) is 0 Å². The topological polar surface area (TPSA) is 90.2 Å². The van der Waals surface area contributed by atoms with E-state index in [1.807, 2.05) is 6.92 Å². The van der Waals surface area contributed by atoms with E-state index in [4.69, 9.17) is 4.74 Å². The molecular formula is C14H24N4O3. The average Bonchev–Trinajstić information content (AvgIpc) is 2.42. The molecule has 21 heavy (non-hydrogen) atoms. The molecule has 118 valence electrons. The minimum atomic E-state index is -0.487. The Morgan fingerprint density at radius 2 is 2.05 bits per heavy atom. The highest BCUT2D eigenvalue weighted by Gasteiger charge is 2.24. The first kappa shape index (κ1) is 17.1. The van der Waals surface area contributed by atoms with Gasteiger partial charge in [0.1, 0.15) is 5.69 Å². The van der Waals surface area contributed by atoms with E-state index in [0.717, 1.165) is 19.3 Å². The molecule has 0 amide bonds. The van der Waals surface area contributed by atoms with Crippen LogP contribution < -0.4 is 10.1 Å². The summed E-state index contributed by atoms with van der Waals surface area (Å²) in [5.74, 6) is 0.754. The smallest absolute Gasteiger partial charge is 0.352 e. The second-order valence-electron chi connectivity index (χ2n) is 5.18. The van der Waals surface area contributed by atoms with Crippen LogP contribution in [0.5, 0.6) is 5.88 Å². The molecule has 0 aliphatic heterocycles. The molecule has 1 unspecified atom stereocenters. The van der Waals surface area contributed by atoms with E-state index in [9.17, 15) is 10.1 Å². The predicted molar refractivity (Wildman–Crippen MR) is 81.8 cm³/mol. The summed E-state index contributed by atoms with van der Waals surface area (Å²) in [6.07, 6.45) is 2.99. The summed E-state index contributed by atoms with van der Waals surface area (Å²) in [4.78, 5) is 18.9. The molecule has 0 saturated carbocycles. The zero-order chi connectivity index (χ0) is 15.8. The van der Waals surface area contributed by atoms with E-state index in [1.165, 1.54) is 0 Å². The van der Waals surface area contributed by atoms with Crippen LogP contribution in [0.25, 0.3) is 0 Å². The molecule has 1 atom stereocenters. The Hall–Kier alpha value is -1.92. The zero-order valence-electron chi connectivity index (χ0n) is 13.2. The summed E-state index contributed by atoms with van der Waals surface area (Å²) in [7, 11) is 0. The Bertz CT molecular complexity index is 480. The minimum Gasteiger partial charge on any atom is -0.472 e. The van der Waals surface area contributed by atoms with Crippen LogP contribution in [0, 0.1) is 23.0 Å². The highest BCUT2D eigenvalue weighted by Crippen LogP contribution is 2.29.